The fourth-order valence-corrected chi connectivity index (χ4v) is 4.31. The molecule has 5 nitrogen and oxygen atoms in total. The number of aromatic nitrogens is 2. The van der Waals surface area contributed by atoms with Crippen molar-refractivity contribution < 1.29 is 9.53 Å². The normalized spacial score (nSPS) is 17.2. The first-order valence-corrected chi connectivity index (χ1v) is 9.50. The van der Waals surface area contributed by atoms with Gasteiger partial charge in [-0.25, -0.2) is 4.98 Å². The summed E-state index contributed by atoms with van der Waals surface area (Å²) >= 11 is 1.52. The van der Waals surface area contributed by atoms with Gasteiger partial charge in [-0.1, -0.05) is 41.7 Å². The molecule has 1 unspecified atom stereocenters. The van der Waals surface area contributed by atoms with Crippen molar-refractivity contribution in [2.45, 2.75) is 19.1 Å². The zero-order valence-electron chi connectivity index (χ0n) is 14.0. The Kier molecular flexibility index (Phi) is 3.64. The fraction of sp³-hybridized carbons (Fsp3) is 0.200. The number of aromatic amines is 1. The van der Waals surface area contributed by atoms with E-state index in [1.54, 1.807) is 4.90 Å². The van der Waals surface area contributed by atoms with Crippen molar-refractivity contribution in [2.24, 2.45) is 0 Å². The van der Waals surface area contributed by atoms with Gasteiger partial charge in [0.1, 0.15) is 5.69 Å². The number of carbonyl (C=O) groups excluding carboxylic acids is 1. The van der Waals surface area contributed by atoms with Crippen LogP contribution in [-0.2, 0) is 0 Å². The van der Waals surface area contributed by atoms with Crippen LogP contribution in [0.15, 0.2) is 54.6 Å². The number of hydrogen-bond donors (Lipinski definition) is 1. The van der Waals surface area contributed by atoms with Crippen molar-refractivity contribution in [3.05, 3.63) is 60.3 Å². The fourth-order valence-electron chi connectivity index (χ4n) is 3.45. The van der Waals surface area contributed by atoms with Crippen molar-refractivity contribution in [3.8, 4) is 5.19 Å². The Morgan fingerprint density at radius 2 is 2.04 bits per heavy atom. The smallest absolute Gasteiger partial charge is 0.276 e. The molecular formula is C20H17N3O2S. The van der Waals surface area contributed by atoms with Gasteiger partial charge in [0, 0.05) is 23.9 Å². The molecule has 1 amide bonds. The van der Waals surface area contributed by atoms with Crippen molar-refractivity contribution >= 4 is 38.4 Å². The van der Waals surface area contributed by atoms with Crippen LogP contribution in [0.3, 0.4) is 0 Å². The third-order valence-electron chi connectivity index (χ3n) is 4.73. The number of nitrogens with zero attached hydrogens (tertiary/aromatic N) is 2. The Balaban J connectivity index is 1.40. The van der Waals surface area contributed by atoms with Crippen LogP contribution >= 0.6 is 11.3 Å². The van der Waals surface area contributed by atoms with Crippen LogP contribution in [0.2, 0.25) is 0 Å². The topological polar surface area (TPSA) is 58.2 Å². The number of carbonyl (C=O) groups is 1. The second-order valence-corrected chi connectivity index (χ2v) is 7.42. The van der Waals surface area contributed by atoms with Gasteiger partial charge in [-0.05, 0) is 30.7 Å². The molecule has 6 heteroatoms. The number of fused-ring (bicyclic) bond motifs is 2. The summed E-state index contributed by atoms with van der Waals surface area (Å²) in [5.74, 6) is -0.0233. The van der Waals surface area contributed by atoms with Gasteiger partial charge in [0.05, 0.1) is 10.2 Å². The summed E-state index contributed by atoms with van der Waals surface area (Å²) in [7, 11) is 0. The van der Waals surface area contributed by atoms with Gasteiger partial charge in [0.2, 0.25) is 0 Å². The highest BCUT2D eigenvalue weighted by Crippen LogP contribution is 2.31. The SMILES string of the molecule is O=C(c1cc2ccccc2[nH]1)N1CCCC1Oc1nc2ccccc2s1. The molecule has 0 saturated carbocycles. The maximum Gasteiger partial charge on any atom is 0.276 e. The van der Waals surface area contributed by atoms with Gasteiger partial charge in [-0.2, -0.15) is 0 Å². The van der Waals surface area contributed by atoms with Gasteiger partial charge >= 0.3 is 0 Å². The minimum absolute atomic E-state index is 0.0233. The van der Waals surface area contributed by atoms with Gasteiger partial charge in [0.15, 0.2) is 6.23 Å². The average Bonchev–Trinajstić information content (AvgIpc) is 3.38. The molecule has 130 valence electrons. The van der Waals surface area contributed by atoms with E-state index in [1.807, 2.05) is 54.6 Å². The van der Waals surface area contributed by atoms with Crippen LogP contribution in [0.25, 0.3) is 21.1 Å². The first kappa shape index (κ1) is 15.4. The first-order chi connectivity index (χ1) is 12.8. The molecule has 26 heavy (non-hydrogen) atoms. The summed E-state index contributed by atoms with van der Waals surface area (Å²) in [5.41, 5.74) is 2.50. The van der Waals surface area contributed by atoms with Crippen LogP contribution in [0.4, 0.5) is 0 Å². The lowest BCUT2D eigenvalue weighted by molar-refractivity contribution is 0.0397. The third-order valence-corrected chi connectivity index (χ3v) is 5.66. The molecule has 0 bridgehead atoms. The van der Waals surface area contributed by atoms with Gasteiger partial charge in [-0.3, -0.25) is 4.79 Å². The van der Waals surface area contributed by atoms with Crippen LogP contribution in [0, 0.1) is 0 Å². The minimum atomic E-state index is -0.269. The Morgan fingerprint density at radius 1 is 1.19 bits per heavy atom. The van der Waals surface area contributed by atoms with Crippen molar-refractivity contribution in [3.63, 3.8) is 0 Å². The minimum Gasteiger partial charge on any atom is -0.446 e. The Hall–Kier alpha value is -2.86. The number of ether oxygens (including phenoxy) is 1. The number of hydrogen-bond acceptors (Lipinski definition) is 4. The molecule has 0 spiro atoms. The summed E-state index contributed by atoms with van der Waals surface area (Å²) < 4.78 is 7.18. The van der Waals surface area contributed by atoms with E-state index in [1.165, 1.54) is 11.3 Å². The van der Waals surface area contributed by atoms with E-state index in [2.05, 4.69) is 9.97 Å². The monoisotopic (exact) mass is 363 g/mol. The van der Waals surface area contributed by atoms with Crippen LogP contribution < -0.4 is 4.74 Å². The second kappa shape index (κ2) is 6.14. The predicted octanol–water partition coefficient (Wildman–Crippen LogP) is 4.42. The highest BCUT2D eigenvalue weighted by Gasteiger charge is 2.32. The molecule has 5 rings (SSSR count). The maximum atomic E-state index is 13.0. The third kappa shape index (κ3) is 2.63. The van der Waals surface area contributed by atoms with Crippen LogP contribution in [0.1, 0.15) is 23.3 Å². The van der Waals surface area contributed by atoms with Crippen LogP contribution in [-0.4, -0.2) is 33.5 Å². The number of benzene rings is 2. The highest BCUT2D eigenvalue weighted by molar-refractivity contribution is 7.20. The standard InChI is InChI=1S/C20H17N3O2S/c24-19(16-12-13-6-1-2-7-14(13)21-16)23-11-5-10-18(23)25-20-22-15-8-3-4-9-17(15)26-20/h1-4,6-9,12,18,21H,5,10-11H2. The molecule has 4 aromatic rings. The van der Waals surface area contributed by atoms with E-state index < -0.39 is 0 Å². The van der Waals surface area contributed by atoms with Gasteiger partial charge < -0.3 is 14.6 Å². The molecule has 1 N–H and O–H groups in total. The quantitative estimate of drug-likeness (QED) is 0.586. The van der Waals surface area contributed by atoms with E-state index in [0.717, 1.165) is 34.0 Å². The van der Waals surface area contributed by atoms with E-state index in [9.17, 15) is 4.79 Å². The average molecular weight is 363 g/mol. The number of para-hydroxylation sites is 2. The Bertz CT molecular complexity index is 1030. The molecular weight excluding hydrogens is 346 g/mol. The zero-order chi connectivity index (χ0) is 17.5. The molecule has 2 aromatic heterocycles. The number of nitrogens with one attached hydrogen (secondary N) is 1. The molecule has 2 aromatic carbocycles. The molecule has 1 saturated heterocycles. The van der Waals surface area contributed by atoms with Crippen molar-refractivity contribution in [1.82, 2.24) is 14.9 Å². The number of amides is 1. The molecule has 1 aliphatic rings. The zero-order valence-corrected chi connectivity index (χ0v) is 14.8. The summed E-state index contributed by atoms with van der Waals surface area (Å²) in [6.45, 7) is 0.698. The lowest BCUT2D eigenvalue weighted by Gasteiger charge is -2.23. The molecule has 0 aliphatic carbocycles. The molecule has 1 atom stereocenters. The lowest BCUT2D eigenvalue weighted by Crippen LogP contribution is -2.39. The molecule has 3 heterocycles. The lowest BCUT2D eigenvalue weighted by atomic mass is 10.2. The van der Waals surface area contributed by atoms with Crippen molar-refractivity contribution in [1.29, 1.82) is 0 Å². The number of likely N-dealkylation sites (tertiary alicyclic amines) is 1. The number of H-pyrrole nitrogens is 1. The number of rotatable bonds is 3. The molecule has 1 aliphatic heterocycles. The molecule has 0 radical (unpaired) electrons. The maximum absolute atomic E-state index is 13.0. The summed E-state index contributed by atoms with van der Waals surface area (Å²) in [6.07, 6.45) is 1.48. The van der Waals surface area contributed by atoms with Crippen LogP contribution in [0.5, 0.6) is 5.19 Å². The van der Waals surface area contributed by atoms with Gasteiger partial charge in [-0.15, -0.1) is 0 Å². The first-order valence-electron chi connectivity index (χ1n) is 8.69. The van der Waals surface area contributed by atoms with E-state index in [4.69, 9.17) is 4.74 Å². The second-order valence-electron chi connectivity index (χ2n) is 6.43. The summed E-state index contributed by atoms with van der Waals surface area (Å²) in [6, 6.07) is 17.8. The Labute approximate surface area is 154 Å². The highest BCUT2D eigenvalue weighted by atomic mass is 32.1. The Morgan fingerprint density at radius 3 is 2.92 bits per heavy atom. The summed E-state index contributed by atoms with van der Waals surface area (Å²) in [5, 5.41) is 1.66. The van der Waals surface area contributed by atoms with E-state index in [-0.39, 0.29) is 12.1 Å². The molecule has 1 fully saturated rings. The van der Waals surface area contributed by atoms with E-state index in [0.29, 0.717) is 17.4 Å². The predicted molar refractivity (Wildman–Crippen MR) is 103 cm³/mol. The van der Waals surface area contributed by atoms with E-state index >= 15 is 0 Å². The summed E-state index contributed by atoms with van der Waals surface area (Å²) in [4.78, 5) is 22.5. The van der Waals surface area contributed by atoms with Crippen molar-refractivity contribution in [2.75, 3.05) is 6.54 Å². The van der Waals surface area contributed by atoms with Gasteiger partial charge in [0.25, 0.3) is 11.1 Å². The largest absolute Gasteiger partial charge is 0.446 e. The number of thiazole rings is 1.